The van der Waals surface area contributed by atoms with E-state index >= 15 is 0 Å². The van der Waals surface area contributed by atoms with Crippen molar-refractivity contribution in [1.82, 2.24) is 0 Å². The summed E-state index contributed by atoms with van der Waals surface area (Å²) in [4.78, 5) is 10.2. The normalized spacial score (nSPS) is 11.4. The molecule has 0 saturated carbocycles. The molecular formula is C5H13N3O. The van der Waals surface area contributed by atoms with Gasteiger partial charge in [-0.2, -0.15) is 0 Å². The average molecular weight is 131 g/mol. The van der Waals surface area contributed by atoms with Crippen LogP contribution in [0, 0.1) is 0 Å². The lowest BCUT2D eigenvalue weighted by molar-refractivity contribution is -0.118. The number of hydrogen-bond donors (Lipinski definition) is 3. The molecule has 0 spiro atoms. The molecule has 6 N–H and O–H groups in total. The Hall–Kier alpha value is -0.610. The van der Waals surface area contributed by atoms with Gasteiger partial charge in [0.25, 0.3) is 0 Å². The summed E-state index contributed by atoms with van der Waals surface area (Å²) in [6, 6.07) is 0. The van der Waals surface area contributed by atoms with Gasteiger partial charge in [0.15, 0.2) is 0 Å². The van der Waals surface area contributed by atoms with Crippen molar-refractivity contribution < 1.29 is 4.79 Å². The first-order valence-corrected chi connectivity index (χ1v) is 2.78. The fourth-order valence-corrected chi connectivity index (χ4v) is 0.393. The van der Waals surface area contributed by atoms with Crippen LogP contribution >= 0.6 is 0 Å². The van der Waals surface area contributed by atoms with Gasteiger partial charge >= 0.3 is 0 Å². The predicted molar refractivity (Wildman–Crippen MR) is 35.2 cm³/mol. The van der Waals surface area contributed by atoms with Crippen LogP contribution in [0.3, 0.4) is 0 Å². The zero-order valence-corrected chi connectivity index (χ0v) is 5.55. The van der Waals surface area contributed by atoms with Gasteiger partial charge in [-0.3, -0.25) is 4.79 Å². The third kappa shape index (κ3) is 7.39. The topological polar surface area (TPSA) is 95.1 Å². The Kier molecular flexibility index (Phi) is 2.61. The maximum absolute atomic E-state index is 10.2. The number of nitrogens with two attached hydrogens (primary N) is 3. The molecule has 0 aromatic heterocycles. The lowest BCUT2D eigenvalue weighted by atomic mass is 10.1. The molecule has 4 heteroatoms. The second-order valence-electron chi connectivity index (χ2n) is 2.47. The quantitative estimate of drug-likeness (QED) is 0.423. The van der Waals surface area contributed by atoms with Gasteiger partial charge in [-0.15, -0.1) is 0 Å². The van der Waals surface area contributed by atoms with E-state index in [-0.39, 0.29) is 12.3 Å². The van der Waals surface area contributed by atoms with Crippen LogP contribution in [0.4, 0.5) is 0 Å². The number of carbonyl (C=O) groups is 1. The fraction of sp³-hybridized carbons (Fsp3) is 0.800. The first-order valence-electron chi connectivity index (χ1n) is 2.78. The summed E-state index contributed by atoms with van der Waals surface area (Å²) in [6.07, 6.45) is 0.686. The smallest absolute Gasteiger partial charge is 0.217 e. The lowest BCUT2D eigenvalue weighted by Crippen LogP contribution is -2.46. The Balaban J connectivity index is 3.39. The monoisotopic (exact) mass is 131 g/mol. The summed E-state index contributed by atoms with van der Waals surface area (Å²) < 4.78 is 0. The van der Waals surface area contributed by atoms with Gasteiger partial charge in [-0.25, -0.2) is 0 Å². The van der Waals surface area contributed by atoms with E-state index in [1.54, 1.807) is 6.92 Å². The first kappa shape index (κ1) is 8.39. The Morgan fingerprint density at radius 3 is 2.11 bits per heavy atom. The zero-order valence-electron chi connectivity index (χ0n) is 5.55. The standard InChI is InChI=1S/C5H13N3O/c1-5(7,8)3-2-4(6)9/h2-3,7-8H2,1H3,(H2,6,9). The first-order chi connectivity index (χ1) is 3.92. The third-order valence-electron chi connectivity index (χ3n) is 0.910. The highest BCUT2D eigenvalue weighted by Gasteiger charge is 2.11. The third-order valence-corrected chi connectivity index (χ3v) is 0.910. The van der Waals surface area contributed by atoms with Crippen LogP contribution in [0.5, 0.6) is 0 Å². The van der Waals surface area contributed by atoms with Crippen molar-refractivity contribution in [3.05, 3.63) is 0 Å². The summed E-state index contributed by atoms with van der Waals surface area (Å²) >= 11 is 0. The molecule has 0 aliphatic rings. The maximum Gasteiger partial charge on any atom is 0.217 e. The number of rotatable bonds is 3. The number of amides is 1. The van der Waals surface area contributed by atoms with Gasteiger partial charge in [0.1, 0.15) is 0 Å². The van der Waals surface area contributed by atoms with E-state index in [0.29, 0.717) is 6.42 Å². The molecule has 54 valence electrons. The molecule has 9 heavy (non-hydrogen) atoms. The zero-order chi connectivity index (χ0) is 7.49. The maximum atomic E-state index is 10.2. The van der Waals surface area contributed by atoms with E-state index in [1.807, 2.05) is 0 Å². The average Bonchev–Trinajstić information content (AvgIpc) is 1.59. The van der Waals surface area contributed by atoms with Crippen molar-refractivity contribution in [2.24, 2.45) is 17.2 Å². The molecule has 0 rings (SSSR count). The van der Waals surface area contributed by atoms with Crippen LogP contribution in [0.2, 0.25) is 0 Å². The summed E-state index contributed by atoms with van der Waals surface area (Å²) in [6.45, 7) is 1.65. The van der Waals surface area contributed by atoms with Crippen LogP contribution in [-0.2, 0) is 4.79 Å². The molecule has 0 aromatic carbocycles. The molecule has 0 aliphatic carbocycles. The van der Waals surface area contributed by atoms with Crippen molar-refractivity contribution in [2.45, 2.75) is 25.4 Å². The Morgan fingerprint density at radius 1 is 1.56 bits per heavy atom. The van der Waals surface area contributed by atoms with Gasteiger partial charge in [-0.1, -0.05) is 0 Å². The molecule has 0 radical (unpaired) electrons. The summed E-state index contributed by atoms with van der Waals surface area (Å²) in [7, 11) is 0. The van der Waals surface area contributed by atoms with E-state index in [1.165, 1.54) is 0 Å². The molecule has 0 aliphatic heterocycles. The lowest BCUT2D eigenvalue weighted by Gasteiger charge is -2.16. The minimum atomic E-state index is -0.769. The van der Waals surface area contributed by atoms with Crippen molar-refractivity contribution in [3.8, 4) is 0 Å². The van der Waals surface area contributed by atoms with Crippen molar-refractivity contribution in [3.63, 3.8) is 0 Å². The summed E-state index contributed by atoms with van der Waals surface area (Å²) in [5.41, 5.74) is 14.8. The Bertz CT molecular complexity index is 105. The van der Waals surface area contributed by atoms with Crippen LogP contribution in [0.25, 0.3) is 0 Å². The van der Waals surface area contributed by atoms with Crippen LogP contribution < -0.4 is 17.2 Å². The number of carbonyl (C=O) groups excluding carboxylic acids is 1. The number of primary amides is 1. The van der Waals surface area contributed by atoms with E-state index in [0.717, 1.165) is 0 Å². The SMILES string of the molecule is CC(N)(N)CCC(N)=O. The molecular weight excluding hydrogens is 118 g/mol. The summed E-state index contributed by atoms with van der Waals surface area (Å²) in [5.74, 6) is -0.364. The van der Waals surface area contributed by atoms with Crippen molar-refractivity contribution in [1.29, 1.82) is 0 Å². The van der Waals surface area contributed by atoms with E-state index in [2.05, 4.69) is 0 Å². The highest BCUT2D eigenvalue weighted by Crippen LogP contribution is 1.98. The van der Waals surface area contributed by atoms with Gasteiger partial charge in [-0.05, 0) is 13.3 Å². The minimum Gasteiger partial charge on any atom is -0.370 e. The fourth-order valence-electron chi connectivity index (χ4n) is 0.393. The van der Waals surface area contributed by atoms with Crippen LogP contribution in [0.1, 0.15) is 19.8 Å². The predicted octanol–water partition coefficient (Wildman–Crippen LogP) is -1.11. The molecule has 0 aromatic rings. The van der Waals surface area contributed by atoms with E-state index < -0.39 is 5.66 Å². The van der Waals surface area contributed by atoms with E-state index in [9.17, 15) is 4.79 Å². The van der Waals surface area contributed by atoms with Crippen LogP contribution in [-0.4, -0.2) is 11.6 Å². The highest BCUT2D eigenvalue weighted by atomic mass is 16.1. The highest BCUT2D eigenvalue weighted by molar-refractivity contribution is 5.73. The summed E-state index contributed by atoms with van der Waals surface area (Å²) in [5, 5.41) is 0. The second-order valence-corrected chi connectivity index (χ2v) is 2.47. The molecule has 0 bridgehead atoms. The van der Waals surface area contributed by atoms with E-state index in [4.69, 9.17) is 17.2 Å². The molecule has 0 saturated heterocycles. The van der Waals surface area contributed by atoms with Gasteiger partial charge in [0.2, 0.25) is 5.91 Å². The minimum absolute atomic E-state index is 0.253. The van der Waals surface area contributed by atoms with Gasteiger partial charge in [0, 0.05) is 6.42 Å². The molecule has 0 unspecified atom stereocenters. The molecule has 4 nitrogen and oxygen atoms in total. The van der Waals surface area contributed by atoms with Crippen LogP contribution in [0.15, 0.2) is 0 Å². The molecule has 0 fully saturated rings. The second kappa shape index (κ2) is 2.80. The van der Waals surface area contributed by atoms with Crippen molar-refractivity contribution >= 4 is 5.91 Å². The Morgan fingerprint density at radius 2 is 2.00 bits per heavy atom. The van der Waals surface area contributed by atoms with Gasteiger partial charge < -0.3 is 17.2 Å². The largest absolute Gasteiger partial charge is 0.370 e. The molecule has 0 heterocycles. The number of hydrogen-bond acceptors (Lipinski definition) is 3. The van der Waals surface area contributed by atoms with Gasteiger partial charge in [0.05, 0.1) is 5.66 Å². The molecule has 1 amide bonds. The Labute approximate surface area is 54.4 Å². The van der Waals surface area contributed by atoms with Crippen molar-refractivity contribution in [2.75, 3.05) is 0 Å². The molecule has 0 atom stereocenters.